The molecule has 0 spiro atoms. The van der Waals surface area contributed by atoms with Crippen molar-refractivity contribution in [2.24, 2.45) is 5.73 Å². The molecule has 0 unspecified atom stereocenters. The van der Waals surface area contributed by atoms with Crippen molar-refractivity contribution in [2.75, 3.05) is 5.73 Å². The smallest absolute Gasteiger partial charge is 0.149 e. The molecule has 0 aromatic heterocycles. The van der Waals surface area contributed by atoms with E-state index in [9.17, 15) is 8.78 Å². The molecule has 0 saturated heterocycles. The van der Waals surface area contributed by atoms with E-state index in [1.54, 1.807) is 0 Å². The van der Waals surface area contributed by atoms with Crippen LogP contribution in [0.3, 0.4) is 0 Å². The first-order valence-electron chi connectivity index (χ1n) is 4.11. The predicted octanol–water partition coefficient (Wildman–Crippen LogP) is 0.928. The Hall–Kier alpha value is -1.20. The monoisotopic (exact) mass is 202 g/mol. The highest BCUT2D eigenvalue weighted by molar-refractivity contribution is 5.50. The maximum atomic E-state index is 13.0. The van der Waals surface area contributed by atoms with Gasteiger partial charge in [0.2, 0.25) is 0 Å². The summed E-state index contributed by atoms with van der Waals surface area (Å²) in [7, 11) is 0. The van der Waals surface area contributed by atoms with Gasteiger partial charge in [0.15, 0.2) is 0 Å². The predicted molar refractivity (Wildman–Crippen MR) is 49.4 cm³/mol. The van der Waals surface area contributed by atoms with Gasteiger partial charge in [-0.05, 0) is 13.0 Å². The van der Waals surface area contributed by atoms with Gasteiger partial charge in [-0.25, -0.2) is 8.78 Å². The topological polar surface area (TPSA) is 72.3 Å². The lowest BCUT2D eigenvalue weighted by Crippen LogP contribution is -2.24. The third-order valence-corrected chi connectivity index (χ3v) is 2.01. The zero-order valence-corrected chi connectivity index (χ0v) is 7.67. The van der Waals surface area contributed by atoms with E-state index >= 15 is 0 Å². The Morgan fingerprint density at radius 3 is 2.43 bits per heavy atom. The highest BCUT2D eigenvalue weighted by atomic mass is 19.1. The van der Waals surface area contributed by atoms with Gasteiger partial charge in [0, 0.05) is 11.6 Å². The van der Waals surface area contributed by atoms with Crippen molar-refractivity contribution in [1.29, 1.82) is 0 Å². The second-order valence-corrected chi connectivity index (χ2v) is 3.16. The molecule has 1 aromatic rings. The van der Waals surface area contributed by atoms with Gasteiger partial charge in [0.05, 0.1) is 17.8 Å². The zero-order valence-electron chi connectivity index (χ0n) is 7.67. The zero-order chi connectivity index (χ0) is 10.9. The maximum Gasteiger partial charge on any atom is 0.149 e. The van der Waals surface area contributed by atoms with Gasteiger partial charge in [0.25, 0.3) is 0 Å². The van der Waals surface area contributed by atoms with Crippen LogP contribution in [0.15, 0.2) is 12.1 Å². The molecule has 0 aliphatic carbocycles. The van der Waals surface area contributed by atoms with Gasteiger partial charge in [-0.1, -0.05) is 0 Å². The van der Waals surface area contributed by atoms with E-state index in [-0.39, 0.29) is 11.3 Å². The molecule has 78 valence electrons. The van der Waals surface area contributed by atoms with E-state index in [2.05, 4.69) is 0 Å². The van der Waals surface area contributed by atoms with Crippen LogP contribution in [0.1, 0.15) is 18.5 Å². The Labute approximate surface area is 80.3 Å². The standard InChI is InChI=1S/C9H12F2N2O/c1-4(14)8(12)6-2-5(10)3-7(11)9(6)13/h2-4,8,14H,12-13H2,1H3/t4-,8-/m1/s1. The summed E-state index contributed by atoms with van der Waals surface area (Å²) in [5, 5.41) is 9.16. The molecule has 1 aromatic carbocycles. The largest absolute Gasteiger partial charge is 0.396 e. The van der Waals surface area contributed by atoms with Gasteiger partial charge < -0.3 is 16.6 Å². The molecule has 0 amide bonds. The Bertz CT molecular complexity index is 342. The van der Waals surface area contributed by atoms with Gasteiger partial charge in [-0.3, -0.25) is 0 Å². The van der Waals surface area contributed by atoms with Crippen LogP contribution in [0, 0.1) is 11.6 Å². The number of nitrogen functional groups attached to an aromatic ring is 1. The van der Waals surface area contributed by atoms with E-state index in [1.807, 2.05) is 0 Å². The average molecular weight is 202 g/mol. The van der Waals surface area contributed by atoms with Crippen molar-refractivity contribution in [3.05, 3.63) is 29.3 Å². The van der Waals surface area contributed by atoms with Crippen molar-refractivity contribution in [3.8, 4) is 0 Å². The number of aliphatic hydroxyl groups is 1. The Morgan fingerprint density at radius 2 is 1.93 bits per heavy atom. The summed E-state index contributed by atoms with van der Waals surface area (Å²) < 4.78 is 25.8. The van der Waals surface area contributed by atoms with Crippen LogP contribution in [0.4, 0.5) is 14.5 Å². The fourth-order valence-corrected chi connectivity index (χ4v) is 1.14. The van der Waals surface area contributed by atoms with E-state index in [4.69, 9.17) is 16.6 Å². The van der Waals surface area contributed by atoms with Crippen LogP contribution in [0.5, 0.6) is 0 Å². The second-order valence-electron chi connectivity index (χ2n) is 3.16. The minimum absolute atomic E-state index is 0.0810. The van der Waals surface area contributed by atoms with Crippen molar-refractivity contribution in [1.82, 2.24) is 0 Å². The number of halogens is 2. The second kappa shape index (κ2) is 3.89. The molecule has 0 heterocycles. The molecule has 0 saturated carbocycles. The molecule has 1 rings (SSSR count). The normalized spacial score (nSPS) is 15.2. The van der Waals surface area contributed by atoms with Crippen LogP contribution >= 0.6 is 0 Å². The van der Waals surface area contributed by atoms with Gasteiger partial charge in [-0.15, -0.1) is 0 Å². The first-order chi connectivity index (χ1) is 6.43. The van der Waals surface area contributed by atoms with E-state index in [0.29, 0.717) is 6.07 Å². The number of aliphatic hydroxyl groups excluding tert-OH is 1. The summed E-state index contributed by atoms with van der Waals surface area (Å²) in [6.45, 7) is 1.42. The molecule has 0 radical (unpaired) electrons. The number of rotatable bonds is 2. The minimum Gasteiger partial charge on any atom is -0.396 e. The first kappa shape index (κ1) is 10.9. The summed E-state index contributed by atoms with van der Waals surface area (Å²) in [5.74, 6) is -1.63. The molecule has 0 bridgehead atoms. The van der Waals surface area contributed by atoms with Crippen LogP contribution < -0.4 is 11.5 Å². The Balaban J connectivity index is 3.20. The summed E-state index contributed by atoms with van der Waals surface area (Å²) in [6.07, 6.45) is -0.918. The van der Waals surface area contributed by atoms with Gasteiger partial charge in [-0.2, -0.15) is 0 Å². The number of hydrogen-bond acceptors (Lipinski definition) is 3. The highest BCUT2D eigenvalue weighted by Crippen LogP contribution is 2.24. The summed E-state index contributed by atoms with van der Waals surface area (Å²) in [6, 6.07) is 0.809. The fraction of sp³-hybridized carbons (Fsp3) is 0.333. The number of anilines is 1. The third kappa shape index (κ3) is 2.00. The van der Waals surface area contributed by atoms with Crippen LogP contribution in [-0.4, -0.2) is 11.2 Å². The average Bonchev–Trinajstić information content (AvgIpc) is 2.09. The van der Waals surface area contributed by atoms with Crippen LogP contribution in [-0.2, 0) is 0 Å². The van der Waals surface area contributed by atoms with Gasteiger partial charge in [0.1, 0.15) is 11.6 Å². The molecule has 2 atom stereocenters. The van der Waals surface area contributed by atoms with E-state index in [1.165, 1.54) is 6.92 Å². The van der Waals surface area contributed by atoms with Crippen molar-refractivity contribution in [3.63, 3.8) is 0 Å². The molecule has 0 aliphatic rings. The van der Waals surface area contributed by atoms with Crippen LogP contribution in [0.25, 0.3) is 0 Å². The molecule has 5 heteroatoms. The highest BCUT2D eigenvalue weighted by Gasteiger charge is 2.18. The summed E-state index contributed by atoms with van der Waals surface area (Å²) >= 11 is 0. The summed E-state index contributed by atoms with van der Waals surface area (Å²) in [4.78, 5) is 0. The molecular weight excluding hydrogens is 190 g/mol. The molecule has 0 fully saturated rings. The number of hydrogen-bond donors (Lipinski definition) is 3. The van der Waals surface area contributed by atoms with E-state index in [0.717, 1.165) is 6.07 Å². The molecule has 3 nitrogen and oxygen atoms in total. The SMILES string of the molecule is C[C@@H](O)[C@@H](N)c1cc(F)cc(F)c1N. The van der Waals surface area contributed by atoms with E-state index < -0.39 is 23.8 Å². The Morgan fingerprint density at radius 1 is 1.36 bits per heavy atom. The lowest BCUT2D eigenvalue weighted by molar-refractivity contribution is 0.164. The lowest BCUT2D eigenvalue weighted by Gasteiger charge is -2.17. The van der Waals surface area contributed by atoms with Gasteiger partial charge >= 0.3 is 0 Å². The van der Waals surface area contributed by atoms with Crippen molar-refractivity contribution in [2.45, 2.75) is 19.1 Å². The minimum atomic E-state index is -0.918. The Kier molecular flexibility index (Phi) is 3.03. The number of benzene rings is 1. The summed E-state index contributed by atoms with van der Waals surface area (Å²) in [5.41, 5.74) is 10.7. The maximum absolute atomic E-state index is 13.0. The first-order valence-corrected chi connectivity index (χ1v) is 4.11. The van der Waals surface area contributed by atoms with Crippen molar-refractivity contribution >= 4 is 5.69 Å². The van der Waals surface area contributed by atoms with Crippen molar-refractivity contribution < 1.29 is 13.9 Å². The number of nitrogens with two attached hydrogens (primary N) is 2. The molecule has 5 N–H and O–H groups in total. The molecule has 0 aliphatic heterocycles. The lowest BCUT2D eigenvalue weighted by atomic mass is 10.0. The van der Waals surface area contributed by atoms with Crippen LogP contribution in [0.2, 0.25) is 0 Å². The molecule has 14 heavy (non-hydrogen) atoms. The molecular formula is C9H12F2N2O. The third-order valence-electron chi connectivity index (χ3n) is 2.01. The fourth-order valence-electron chi connectivity index (χ4n) is 1.14. The quantitative estimate of drug-likeness (QED) is 0.624.